The van der Waals surface area contributed by atoms with Crippen LogP contribution in [0.1, 0.15) is 18.9 Å². The summed E-state index contributed by atoms with van der Waals surface area (Å²) in [6.07, 6.45) is 1.11. The second-order valence-corrected chi connectivity index (χ2v) is 7.16. The van der Waals surface area contributed by atoms with E-state index in [2.05, 4.69) is 51.6 Å². The molecule has 3 rings (SSSR count). The van der Waals surface area contributed by atoms with E-state index in [1.165, 1.54) is 11.3 Å². The Morgan fingerprint density at radius 3 is 2.46 bits per heavy atom. The van der Waals surface area contributed by atoms with Crippen LogP contribution in [0, 0.1) is 0 Å². The normalized spacial score (nSPS) is 18.9. The molecule has 28 heavy (non-hydrogen) atoms. The Labute approximate surface area is 169 Å². The first kappa shape index (κ1) is 20.9. The molecule has 0 saturated carbocycles. The number of ether oxygens (including phenoxy) is 2. The van der Waals surface area contributed by atoms with Crippen LogP contribution in [-0.2, 0) is 16.0 Å². The largest absolute Gasteiger partial charge is 0.379 e. The van der Waals surface area contributed by atoms with Crippen LogP contribution < -0.4 is 15.5 Å². The molecule has 0 unspecified atom stereocenters. The lowest BCUT2D eigenvalue weighted by Gasteiger charge is -2.30. The molecule has 7 heteroatoms. The number of rotatable bonds is 8. The van der Waals surface area contributed by atoms with Gasteiger partial charge < -0.3 is 25.0 Å². The Balaban J connectivity index is 1.50. The van der Waals surface area contributed by atoms with E-state index in [-0.39, 0.29) is 0 Å². The molecule has 2 aliphatic heterocycles. The van der Waals surface area contributed by atoms with Gasteiger partial charge in [0.25, 0.3) is 0 Å². The summed E-state index contributed by atoms with van der Waals surface area (Å²) in [5.74, 6) is 0.890. The highest BCUT2D eigenvalue weighted by atomic mass is 16.5. The summed E-state index contributed by atoms with van der Waals surface area (Å²) < 4.78 is 10.9. The molecule has 0 radical (unpaired) electrons. The van der Waals surface area contributed by atoms with Gasteiger partial charge in [-0.05, 0) is 31.5 Å². The topological polar surface area (TPSA) is 61.4 Å². The standard InChI is InChI=1S/C21H35N5O2/c1-2-22-21(23-8-5-9-25-10-14-27-15-11-25)24-18-19-6-3-4-7-20(19)26-12-16-28-17-13-26/h3-4,6-7H,2,5,8-18H2,1H3,(H2,22,23,24). The van der Waals surface area contributed by atoms with E-state index in [4.69, 9.17) is 14.5 Å². The van der Waals surface area contributed by atoms with Crippen molar-refractivity contribution in [3.63, 3.8) is 0 Å². The highest BCUT2D eigenvalue weighted by Gasteiger charge is 2.14. The Kier molecular flexibility index (Phi) is 8.87. The monoisotopic (exact) mass is 389 g/mol. The Morgan fingerprint density at radius 2 is 1.71 bits per heavy atom. The average molecular weight is 390 g/mol. The zero-order valence-electron chi connectivity index (χ0n) is 17.2. The van der Waals surface area contributed by atoms with Gasteiger partial charge in [0.15, 0.2) is 5.96 Å². The fraction of sp³-hybridized carbons (Fsp3) is 0.667. The van der Waals surface area contributed by atoms with Crippen LogP contribution in [0.15, 0.2) is 29.3 Å². The van der Waals surface area contributed by atoms with Crippen LogP contribution in [0.5, 0.6) is 0 Å². The van der Waals surface area contributed by atoms with Crippen LogP contribution in [0.2, 0.25) is 0 Å². The molecule has 0 amide bonds. The molecule has 2 fully saturated rings. The summed E-state index contributed by atoms with van der Waals surface area (Å²) in [5.41, 5.74) is 2.53. The van der Waals surface area contributed by atoms with E-state index in [1.807, 2.05) is 0 Å². The lowest BCUT2D eigenvalue weighted by molar-refractivity contribution is 0.0376. The fourth-order valence-electron chi connectivity index (χ4n) is 3.60. The van der Waals surface area contributed by atoms with E-state index in [9.17, 15) is 0 Å². The minimum atomic E-state index is 0.673. The van der Waals surface area contributed by atoms with Crippen molar-refractivity contribution in [3.05, 3.63) is 29.8 Å². The smallest absolute Gasteiger partial charge is 0.191 e. The molecule has 156 valence electrons. The van der Waals surface area contributed by atoms with Crippen LogP contribution in [0.25, 0.3) is 0 Å². The van der Waals surface area contributed by atoms with Crippen molar-refractivity contribution in [2.75, 3.05) is 77.1 Å². The third kappa shape index (κ3) is 6.65. The van der Waals surface area contributed by atoms with Gasteiger partial charge in [0.05, 0.1) is 33.0 Å². The van der Waals surface area contributed by atoms with Crippen LogP contribution in [-0.4, -0.2) is 83.1 Å². The van der Waals surface area contributed by atoms with Crippen molar-refractivity contribution in [1.82, 2.24) is 15.5 Å². The van der Waals surface area contributed by atoms with Gasteiger partial charge in [0.2, 0.25) is 0 Å². The summed E-state index contributed by atoms with van der Waals surface area (Å²) in [7, 11) is 0. The Morgan fingerprint density at radius 1 is 1.00 bits per heavy atom. The maximum absolute atomic E-state index is 5.49. The molecule has 0 atom stereocenters. The molecule has 2 saturated heterocycles. The number of nitrogens with zero attached hydrogens (tertiary/aromatic N) is 3. The quantitative estimate of drug-likeness (QED) is 0.397. The maximum atomic E-state index is 5.49. The van der Waals surface area contributed by atoms with Gasteiger partial charge in [-0.25, -0.2) is 4.99 Å². The van der Waals surface area contributed by atoms with Crippen molar-refractivity contribution in [3.8, 4) is 0 Å². The van der Waals surface area contributed by atoms with Gasteiger partial charge in [-0.3, -0.25) is 4.90 Å². The predicted molar refractivity (Wildman–Crippen MR) is 114 cm³/mol. The van der Waals surface area contributed by atoms with Gasteiger partial charge in [-0.2, -0.15) is 0 Å². The van der Waals surface area contributed by atoms with E-state index in [0.29, 0.717) is 6.54 Å². The van der Waals surface area contributed by atoms with Gasteiger partial charge in [0.1, 0.15) is 0 Å². The van der Waals surface area contributed by atoms with Crippen molar-refractivity contribution >= 4 is 11.6 Å². The van der Waals surface area contributed by atoms with Gasteiger partial charge >= 0.3 is 0 Å². The van der Waals surface area contributed by atoms with Crippen LogP contribution in [0.3, 0.4) is 0 Å². The predicted octanol–water partition coefficient (Wildman–Crippen LogP) is 1.30. The fourth-order valence-corrected chi connectivity index (χ4v) is 3.60. The molecule has 2 aliphatic rings. The average Bonchev–Trinajstić information content (AvgIpc) is 2.76. The minimum Gasteiger partial charge on any atom is -0.379 e. The number of morpholine rings is 2. The molecule has 1 aromatic rings. The van der Waals surface area contributed by atoms with E-state index in [1.54, 1.807) is 0 Å². The molecule has 2 heterocycles. The zero-order chi connectivity index (χ0) is 19.4. The van der Waals surface area contributed by atoms with E-state index < -0.39 is 0 Å². The molecule has 0 aliphatic carbocycles. The third-order valence-electron chi connectivity index (χ3n) is 5.14. The Hall–Kier alpha value is -1.83. The number of hydrogen-bond donors (Lipinski definition) is 2. The number of para-hydroxylation sites is 1. The number of hydrogen-bond acceptors (Lipinski definition) is 5. The minimum absolute atomic E-state index is 0.673. The van der Waals surface area contributed by atoms with Crippen molar-refractivity contribution in [1.29, 1.82) is 0 Å². The summed E-state index contributed by atoms with van der Waals surface area (Å²) in [5, 5.41) is 6.84. The van der Waals surface area contributed by atoms with E-state index >= 15 is 0 Å². The van der Waals surface area contributed by atoms with Crippen molar-refractivity contribution in [2.45, 2.75) is 19.9 Å². The molecule has 2 N–H and O–H groups in total. The van der Waals surface area contributed by atoms with Crippen molar-refractivity contribution in [2.24, 2.45) is 4.99 Å². The van der Waals surface area contributed by atoms with E-state index in [0.717, 1.165) is 84.6 Å². The zero-order valence-corrected chi connectivity index (χ0v) is 17.2. The maximum Gasteiger partial charge on any atom is 0.191 e. The highest BCUT2D eigenvalue weighted by molar-refractivity contribution is 5.79. The van der Waals surface area contributed by atoms with Gasteiger partial charge in [0, 0.05) is 45.0 Å². The van der Waals surface area contributed by atoms with Crippen LogP contribution in [0.4, 0.5) is 5.69 Å². The highest BCUT2D eigenvalue weighted by Crippen LogP contribution is 2.22. The lowest BCUT2D eigenvalue weighted by atomic mass is 10.1. The first-order valence-corrected chi connectivity index (χ1v) is 10.6. The number of anilines is 1. The lowest BCUT2D eigenvalue weighted by Crippen LogP contribution is -2.40. The SMILES string of the molecule is CCNC(=NCc1ccccc1N1CCOCC1)NCCCN1CCOCC1. The molecular formula is C21H35N5O2. The van der Waals surface area contributed by atoms with Crippen LogP contribution >= 0.6 is 0 Å². The molecule has 1 aromatic carbocycles. The number of nitrogens with one attached hydrogen (secondary N) is 2. The molecular weight excluding hydrogens is 354 g/mol. The van der Waals surface area contributed by atoms with Gasteiger partial charge in [-0.15, -0.1) is 0 Å². The number of aliphatic imine (C=N–C) groups is 1. The van der Waals surface area contributed by atoms with Crippen molar-refractivity contribution < 1.29 is 9.47 Å². The number of benzene rings is 1. The molecule has 7 nitrogen and oxygen atoms in total. The summed E-state index contributed by atoms with van der Waals surface area (Å²) >= 11 is 0. The van der Waals surface area contributed by atoms with Gasteiger partial charge in [-0.1, -0.05) is 18.2 Å². The third-order valence-corrected chi connectivity index (χ3v) is 5.14. The first-order chi connectivity index (χ1) is 13.9. The number of guanidine groups is 1. The second kappa shape index (κ2) is 11.9. The first-order valence-electron chi connectivity index (χ1n) is 10.6. The molecule has 0 bridgehead atoms. The molecule has 0 spiro atoms. The summed E-state index contributed by atoms with van der Waals surface area (Å²) in [6, 6.07) is 8.57. The second-order valence-electron chi connectivity index (χ2n) is 7.16. The Bertz CT molecular complexity index is 598. The summed E-state index contributed by atoms with van der Waals surface area (Å²) in [6.45, 7) is 13.0. The molecule has 0 aromatic heterocycles. The summed E-state index contributed by atoms with van der Waals surface area (Å²) in [4.78, 5) is 9.69.